The third-order valence-corrected chi connectivity index (χ3v) is 4.61. The molecule has 1 rings (SSSR count). The van der Waals surface area contributed by atoms with Gasteiger partial charge in [-0.05, 0) is 0 Å². The van der Waals surface area contributed by atoms with Gasteiger partial charge in [-0.25, -0.2) is 0 Å². The van der Waals surface area contributed by atoms with Crippen LogP contribution in [0.25, 0.3) is 0 Å². The van der Waals surface area contributed by atoms with Crippen molar-refractivity contribution in [1.82, 2.24) is 0 Å². The molecule has 0 atom stereocenters. The zero-order chi connectivity index (χ0) is 11.7. The molecule has 0 N–H and O–H groups in total. The van der Waals surface area contributed by atoms with Crippen molar-refractivity contribution in [2.24, 2.45) is 17.8 Å². The molecule has 1 aliphatic carbocycles. The Labute approximate surface area is 121 Å². The van der Waals surface area contributed by atoms with E-state index >= 15 is 0 Å². The van der Waals surface area contributed by atoms with Crippen molar-refractivity contribution in [2.75, 3.05) is 0 Å². The Bertz CT molecular complexity index is 303. The average Bonchev–Trinajstić information content (AvgIpc) is 2.42. The van der Waals surface area contributed by atoms with Crippen LogP contribution in [0.3, 0.4) is 0 Å². The molecule has 0 aliphatic heterocycles. The van der Waals surface area contributed by atoms with Crippen LogP contribution in [0.2, 0.25) is 0 Å². The molecule has 0 bridgehead atoms. The van der Waals surface area contributed by atoms with Gasteiger partial charge in [0.25, 0.3) is 0 Å². The molecule has 0 spiro atoms. The molecule has 0 amide bonds. The molecule has 1 heteroatoms. The van der Waals surface area contributed by atoms with Crippen LogP contribution >= 0.6 is 0 Å². The third-order valence-electron chi connectivity index (χ3n) is 3.18. The first-order chi connectivity index (χ1) is 6.86. The Hall–Kier alpha value is 0.831. The fourth-order valence-electron chi connectivity index (χ4n) is 2.57. The van der Waals surface area contributed by atoms with Gasteiger partial charge in [0.1, 0.15) is 0 Å². The molecule has 0 unspecified atom stereocenters. The number of hydrogen-bond acceptors (Lipinski definition) is 0. The first kappa shape index (κ1) is 13.9. The van der Waals surface area contributed by atoms with Crippen LogP contribution in [0, 0.1) is 56.5 Å². The summed E-state index contributed by atoms with van der Waals surface area (Å²) in [4.78, 5) is 0. The van der Waals surface area contributed by atoms with Crippen molar-refractivity contribution in [1.29, 1.82) is 0 Å². The van der Waals surface area contributed by atoms with Gasteiger partial charge in [0.05, 0.1) is 0 Å². The topological polar surface area (TPSA) is 0 Å². The maximum absolute atomic E-state index is 2.35. The van der Waals surface area contributed by atoms with Crippen LogP contribution < -0.4 is 0 Å². The Morgan fingerprint density at radius 1 is 0.800 bits per heavy atom. The van der Waals surface area contributed by atoms with Crippen molar-refractivity contribution in [3.05, 3.63) is 17.9 Å². The normalized spacial score (nSPS) is 17.9. The number of hydrogen-bond donors (Lipinski definition) is 0. The van der Waals surface area contributed by atoms with Crippen molar-refractivity contribution >= 4 is 0 Å². The van der Waals surface area contributed by atoms with E-state index in [-0.39, 0.29) is 0 Å². The monoisotopic (exact) mass is 333 g/mol. The summed E-state index contributed by atoms with van der Waals surface area (Å²) in [6, 6.07) is 0. The second kappa shape index (κ2) is 5.44. The van der Waals surface area contributed by atoms with Gasteiger partial charge in [-0.15, -0.1) is 0 Å². The van der Waals surface area contributed by atoms with Crippen LogP contribution in [-0.2, 0) is 0 Å². The standard InChI is InChI=1S/C14H23.Nd/c1-9(2)12-7-8-13(10(3)4)14(12)11(5)6;/h9-11H,7H2,1-6H3;. The molecule has 1 aliphatic rings. The Balaban J connectivity index is 3.19. The fourth-order valence-corrected chi connectivity index (χ4v) is 4.54. The summed E-state index contributed by atoms with van der Waals surface area (Å²) < 4.78 is 1.75. The van der Waals surface area contributed by atoms with Gasteiger partial charge < -0.3 is 0 Å². The minimum atomic E-state index is 0.700. The first-order valence-corrected chi connectivity index (χ1v) is 7.64. The summed E-state index contributed by atoms with van der Waals surface area (Å²) >= 11 is 1.24. The van der Waals surface area contributed by atoms with Crippen molar-refractivity contribution in [3.8, 4) is 0 Å². The zero-order valence-corrected chi connectivity index (χ0v) is 14.1. The molecule has 0 saturated carbocycles. The predicted molar refractivity (Wildman–Crippen MR) is 63.2 cm³/mol. The molecule has 15 heavy (non-hydrogen) atoms. The first-order valence-electron chi connectivity index (χ1n) is 6.04. The molecule has 0 nitrogen and oxygen atoms in total. The van der Waals surface area contributed by atoms with E-state index in [2.05, 4.69) is 41.5 Å². The van der Waals surface area contributed by atoms with Crippen molar-refractivity contribution < 1.29 is 38.8 Å². The average molecular weight is 336 g/mol. The molecule has 83 valence electrons. The summed E-state index contributed by atoms with van der Waals surface area (Å²) in [6.45, 7) is 14.1. The van der Waals surface area contributed by atoms with E-state index < -0.39 is 0 Å². The SMILES string of the molecule is CC(C)C1=C(C(C)C)C(C(C)C)=[C]([Nd])C1. The van der Waals surface area contributed by atoms with Crippen molar-refractivity contribution in [3.63, 3.8) is 0 Å². The quantitative estimate of drug-likeness (QED) is 0.714. The van der Waals surface area contributed by atoms with Gasteiger partial charge in [-0.1, -0.05) is 0 Å². The Kier molecular flexibility index (Phi) is 5.04. The van der Waals surface area contributed by atoms with E-state index in [9.17, 15) is 0 Å². The molecular weight excluding hydrogens is 312 g/mol. The van der Waals surface area contributed by atoms with E-state index in [1.807, 2.05) is 0 Å². The fraction of sp³-hybridized carbons (Fsp3) is 0.714. The van der Waals surface area contributed by atoms with Gasteiger partial charge in [0, 0.05) is 0 Å². The minimum absolute atomic E-state index is 0.700. The molecule has 0 aromatic heterocycles. The van der Waals surface area contributed by atoms with Crippen LogP contribution in [0.5, 0.6) is 0 Å². The Morgan fingerprint density at radius 2 is 1.27 bits per heavy atom. The number of rotatable bonds is 3. The van der Waals surface area contributed by atoms with E-state index in [4.69, 9.17) is 0 Å². The summed E-state index contributed by atoms with van der Waals surface area (Å²) in [5, 5.41) is 0. The van der Waals surface area contributed by atoms with E-state index in [0.29, 0.717) is 11.8 Å². The predicted octanol–water partition coefficient (Wildman–Crippen LogP) is 4.46. The summed E-state index contributed by atoms with van der Waals surface area (Å²) in [5.74, 6) is 2.14. The molecule has 0 saturated heterocycles. The van der Waals surface area contributed by atoms with E-state index in [1.165, 1.54) is 45.2 Å². The van der Waals surface area contributed by atoms with Gasteiger partial charge in [-0.3, -0.25) is 0 Å². The zero-order valence-electron chi connectivity index (χ0n) is 10.9. The summed E-state index contributed by atoms with van der Waals surface area (Å²) in [5.41, 5.74) is 5.13. The van der Waals surface area contributed by atoms with Crippen LogP contribution in [0.1, 0.15) is 48.0 Å². The van der Waals surface area contributed by atoms with Crippen LogP contribution in [0.15, 0.2) is 17.9 Å². The maximum atomic E-state index is 2.35. The van der Waals surface area contributed by atoms with Crippen LogP contribution in [-0.4, -0.2) is 0 Å². The van der Waals surface area contributed by atoms with Gasteiger partial charge in [0.15, 0.2) is 0 Å². The summed E-state index contributed by atoms with van der Waals surface area (Å²) in [6.07, 6.45) is 1.28. The van der Waals surface area contributed by atoms with Crippen molar-refractivity contribution in [2.45, 2.75) is 48.0 Å². The molecule has 0 heterocycles. The molecule has 0 radical (unpaired) electrons. The molecule has 0 fully saturated rings. The summed E-state index contributed by atoms with van der Waals surface area (Å²) in [7, 11) is 0. The van der Waals surface area contributed by atoms with Gasteiger partial charge >= 0.3 is 122 Å². The molecule has 0 aromatic rings. The second-order valence-corrected chi connectivity index (χ2v) is 7.41. The number of allylic oxidation sites excluding steroid dienone is 4. The van der Waals surface area contributed by atoms with E-state index in [1.54, 1.807) is 17.9 Å². The molecular formula is C14H23Nd. The van der Waals surface area contributed by atoms with Crippen LogP contribution in [0.4, 0.5) is 0 Å². The Morgan fingerprint density at radius 3 is 1.60 bits per heavy atom. The third kappa shape index (κ3) is 2.94. The van der Waals surface area contributed by atoms with Gasteiger partial charge in [-0.2, -0.15) is 0 Å². The molecule has 0 aromatic carbocycles. The van der Waals surface area contributed by atoms with Gasteiger partial charge in [0.2, 0.25) is 0 Å². The second-order valence-electron chi connectivity index (χ2n) is 5.47. The van der Waals surface area contributed by atoms with E-state index in [0.717, 1.165) is 5.92 Å².